The van der Waals surface area contributed by atoms with Gasteiger partial charge in [0.25, 0.3) is 5.91 Å². The first-order valence-electron chi connectivity index (χ1n) is 7.44. The number of carbonyl (C=O) groups is 1. The molecule has 0 aromatic heterocycles. The van der Waals surface area contributed by atoms with Crippen LogP contribution in [0.3, 0.4) is 0 Å². The van der Waals surface area contributed by atoms with Crippen molar-refractivity contribution in [3.8, 4) is 6.07 Å². The fourth-order valence-electron chi connectivity index (χ4n) is 2.27. The molecule has 1 aliphatic rings. The first-order valence-corrected chi connectivity index (χ1v) is 7.82. The Bertz CT molecular complexity index is 708. The molecule has 1 fully saturated rings. The Morgan fingerprint density at radius 2 is 2.24 bits per heavy atom. The van der Waals surface area contributed by atoms with Crippen molar-refractivity contribution in [3.63, 3.8) is 0 Å². The lowest BCUT2D eigenvalue weighted by atomic mass is 10.2. The van der Waals surface area contributed by atoms with Crippen molar-refractivity contribution in [2.75, 3.05) is 18.5 Å². The summed E-state index contributed by atoms with van der Waals surface area (Å²) < 4.78 is 43.9. The van der Waals surface area contributed by atoms with Crippen LogP contribution >= 0.6 is 11.6 Å². The number of nitriles is 1. The number of ether oxygens (including phenoxy) is 1. The average Bonchev–Trinajstić information content (AvgIpc) is 3.05. The van der Waals surface area contributed by atoms with Gasteiger partial charge in [-0.15, -0.1) is 0 Å². The number of anilines is 1. The summed E-state index contributed by atoms with van der Waals surface area (Å²) in [6, 6.07) is 4.68. The molecule has 25 heavy (non-hydrogen) atoms. The third-order valence-corrected chi connectivity index (χ3v) is 3.84. The van der Waals surface area contributed by atoms with E-state index in [9.17, 15) is 18.0 Å². The van der Waals surface area contributed by atoms with Gasteiger partial charge in [-0.3, -0.25) is 4.79 Å². The van der Waals surface area contributed by atoms with E-state index in [4.69, 9.17) is 21.6 Å². The maximum Gasteiger partial charge on any atom is 0.417 e. The number of benzene rings is 1. The molecule has 1 amide bonds. The maximum absolute atomic E-state index is 12.8. The van der Waals surface area contributed by atoms with Gasteiger partial charge < -0.3 is 15.4 Å². The van der Waals surface area contributed by atoms with Crippen LogP contribution in [0.4, 0.5) is 18.9 Å². The lowest BCUT2D eigenvalue weighted by molar-refractivity contribution is -0.137. The molecule has 1 saturated heterocycles. The summed E-state index contributed by atoms with van der Waals surface area (Å²) in [7, 11) is 0. The summed E-state index contributed by atoms with van der Waals surface area (Å²) >= 11 is 5.52. The van der Waals surface area contributed by atoms with Gasteiger partial charge in [-0.2, -0.15) is 18.4 Å². The quantitative estimate of drug-likeness (QED) is 0.612. The van der Waals surface area contributed by atoms with Gasteiger partial charge in [0.15, 0.2) is 0 Å². The third-order valence-electron chi connectivity index (χ3n) is 3.51. The summed E-state index contributed by atoms with van der Waals surface area (Å²) in [4.78, 5) is 12.0. The van der Waals surface area contributed by atoms with E-state index in [-0.39, 0.29) is 17.4 Å². The van der Waals surface area contributed by atoms with Gasteiger partial charge in [0, 0.05) is 25.0 Å². The second-order valence-corrected chi connectivity index (χ2v) is 5.77. The Hall–Kier alpha value is -2.24. The number of alkyl halides is 3. The maximum atomic E-state index is 12.8. The van der Waals surface area contributed by atoms with Crippen molar-refractivity contribution in [2.24, 2.45) is 0 Å². The van der Waals surface area contributed by atoms with Crippen LogP contribution in [-0.2, 0) is 15.7 Å². The third kappa shape index (κ3) is 5.37. The van der Waals surface area contributed by atoms with Crippen LogP contribution in [0.1, 0.15) is 18.4 Å². The average molecular weight is 374 g/mol. The van der Waals surface area contributed by atoms with Gasteiger partial charge in [-0.25, -0.2) is 0 Å². The van der Waals surface area contributed by atoms with Crippen molar-refractivity contribution < 1.29 is 22.7 Å². The Kier molecular flexibility index (Phi) is 6.28. The number of hydrogen-bond acceptors (Lipinski definition) is 4. The molecule has 0 bridgehead atoms. The van der Waals surface area contributed by atoms with Gasteiger partial charge in [-0.05, 0) is 31.0 Å². The van der Waals surface area contributed by atoms with E-state index in [0.717, 1.165) is 25.0 Å². The highest BCUT2D eigenvalue weighted by molar-refractivity contribution is 6.31. The van der Waals surface area contributed by atoms with Crippen molar-refractivity contribution in [1.82, 2.24) is 5.32 Å². The molecule has 1 aromatic carbocycles. The van der Waals surface area contributed by atoms with Crippen LogP contribution < -0.4 is 10.6 Å². The van der Waals surface area contributed by atoms with E-state index in [2.05, 4.69) is 10.6 Å². The molecule has 5 nitrogen and oxygen atoms in total. The number of nitrogens with zero attached hydrogens (tertiary/aromatic N) is 1. The Morgan fingerprint density at radius 3 is 2.84 bits per heavy atom. The van der Waals surface area contributed by atoms with E-state index < -0.39 is 22.7 Å². The van der Waals surface area contributed by atoms with Crippen molar-refractivity contribution in [2.45, 2.75) is 25.1 Å². The Labute approximate surface area is 147 Å². The molecule has 0 spiro atoms. The lowest BCUT2D eigenvalue weighted by Gasteiger charge is -2.12. The monoisotopic (exact) mass is 373 g/mol. The Balaban J connectivity index is 2.02. The fourth-order valence-corrected chi connectivity index (χ4v) is 2.49. The molecule has 0 aliphatic carbocycles. The predicted octanol–water partition coefficient (Wildman–Crippen LogP) is 3.47. The zero-order chi connectivity index (χ0) is 18.4. The smallest absolute Gasteiger partial charge is 0.387 e. The van der Waals surface area contributed by atoms with Crippen LogP contribution in [0.15, 0.2) is 30.0 Å². The van der Waals surface area contributed by atoms with E-state index in [1.54, 1.807) is 6.07 Å². The van der Waals surface area contributed by atoms with Gasteiger partial charge in [0.1, 0.15) is 11.6 Å². The zero-order valence-corrected chi connectivity index (χ0v) is 13.7. The minimum absolute atomic E-state index is 0.0184. The SMILES string of the molecule is N#C/C(=C/NCC1CCCO1)C(=O)Nc1ccc(Cl)c(C(F)(F)F)c1. The summed E-state index contributed by atoms with van der Waals surface area (Å²) in [5.74, 6) is -0.821. The van der Waals surface area contributed by atoms with Gasteiger partial charge in [-0.1, -0.05) is 11.6 Å². The second kappa shape index (κ2) is 8.23. The lowest BCUT2D eigenvalue weighted by Crippen LogP contribution is -2.24. The summed E-state index contributed by atoms with van der Waals surface area (Å²) in [5, 5.41) is 13.6. The summed E-state index contributed by atoms with van der Waals surface area (Å²) in [5.41, 5.74) is -1.44. The minimum atomic E-state index is -4.64. The molecule has 1 aromatic rings. The van der Waals surface area contributed by atoms with Gasteiger partial charge >= 0.3 is 6.18 Å². The fraction of sp³-hybridized carbons (Fsp3) is 0.375. The molecular weight excluding hydrogens is 359 g/mol. The summed E-state index contributed by atoms with van der Waals surface area (Å²) in [6.07, 6.45) is -1.56. The highest BCUT2D eigenvalue weighted by atomic mass is 35.5. The first-order chi connectivity index (χ1) is 11.8. The predicted molar refractivity (Wildman–Crippen MR) is 85.8 cm³/mol. The van der Waals surface area contributed by atoms with Crippen LogP contribution in [-0.4, -0.2) is 25.2 Å². The molecule has 0 radical (unpaired) electrons. The van der Waals surface area contributed by atoms with Crippen molar-refractivity contribution >= 4 is 23.2 Å². The molecule has 134 valence electrons. The van der Waals surface area contributed by atoms with Crippen LogP contribution in [0.5, 0.6) is 0 Å². The molecule has 1 atom stereocenters. The number of nitrogens with one attached hydrogen (secondary N) is 2. The summed E-state index contributed by atoms with van der Waals surface area (Å²) in [6.45, 7) is 1.12. The second-order valence-electron chi connectivity index (χ2n) is 5.36. The van der Waals surface area contributed by atoms with Crippen LogP contribution in [0, 0.1) is 11.3 Å². The molecule has 0 saturated carbocycles. The minimum Gasteiger partial charge on any atom is -0.387 e. The molecule has 1 aliphatic heterocycles. The first kappa shape index (κ1) is 19.1. The number of hydrogen-bond donors (Lipinski definition) is 2. The highest BCUT2D eigenvalue weighted by Crippen LogP contribution is 2.36. The van der Waals surface area contributed by atoms with E-state index >= 15 is 0 Å². The standard InChI is InChI=1S/C16H15ClF3N3O2/c17-14-4-3-11(6-13(14)16(18,19)20)23-15(24)10(7-21)8-22-9-12-2-1-5-25-12/h3-4,6,8,12,22H,1-2,5,9H2,(H,23,24)/b10-8-. The van der Waals surface area contributed by atoms with E-state index in [0.29, 0.717) is 13.2 Å². The molecule has 2 rings (SSSR count). The topological polar surface area (TPSA) is 74.1 Å². The van der Waals surface area contributed by atoms with Crippen LogP contribution in [0.2, 0.25) is 5.02 Å². The number of halogens is 4. The number of rotatable bonds is 5. The molecule has 1 unspecified atom stereocenters. The molecular formula is C16H15ClF3N3O2. The van der Waals surface area contributed by atoms with E-state index in [1.165, 1.54) is 12.3 Å². The largest absolute Gasteiger partial charge is 0.417 e. The van der Waals surface area contributed by atoms with Crippen LogP contribution in [0.25, 0.3) is 0 Å². The van der Waals surface area contributed by atoms with Crippen molar-refractivity contribution in [3.05, 3.63) is 40.6 Å². The molecule has 1 heterocycles. The normalized spacial score (nSPS) is 17.9. The van der Waals surface area contributed by atoms with Crippen molar-refractivity contribution in [1.29, 1.82) is 5.26 Å². The molecule has 9 heteroatoms. The molecule has 2 N–H and O–H groups in total. The number of carbonyl (C=O) groups excluding carboxylic acids is 1. The van der Waals surface area contributed by atoms with E-state index in [1.807, 2.05) is 0 Å². The number of amides is 1. The highest BCUT2D eigenvalue weighted by Gasteiger charge is 2.33. The zero-order valence-electron chi connectivity index (χ0n) is 13.0. The Morgan fingerprint density at radius 1 is 1.48 bits per heavy atom. The van der Waals surface area contributed by atoms with Gasteiger partial charge in [0.2, 0.25) is 0 Å². The van der Waals surface area contributed by atoms with Gasteiger partial charge in [0.05, 0.1) is 16.7 Å².